The smallest absolute Gasteiger partial charge is 0.0743 e. The number of fused-ring (bicyclic) bond motifs is 1. The summed E-state index contributed by atoms with van der Waals surface area (Å²) in [6.07, 6.45) is 5.09. The van der Waals surface area contributed by atoms with Crippen LogP contribution in [0.25, 0.3) is 10.8 Å². The van der Waals surface area contributed by atoms with Crippen molar-refractivity contribution in [2.75, 3.05) is 6.61 Å². The zero-order chi connectivity index (χ0) is 16.4. The van der Waals surface area contributed by atoms with E-state index < -0.39 is 0 Å². The molecular formula is C19H26INO2. The van der Waals surface area contributed by atoms with Crippen LogP contribution in [0.5, 0.6) is 0 Å². The second kappa shape index (κ2) is 7.53. The molecule has 1 aliphatic rings. The number of aliphatic hydroxyl groups excluding tert-OH is 1. The van der Waals surface area contributed by atoms with Crippen LogP contribution in [0.15, 0.2) is 18.2 Å². The highest BCUT2D eigenvalue weighted by Crippen LogP contribution is 2.29. The molecule has 0 spiro atoms. The SMILES string of the molecule is CCc1c2cc(I)ccc2c(C)n1CC(O)CC1CCCCO1. The van der Waals surface area contributed by atoms with Crippen LogP contribution < -0.4 is 0 Å². The Labute approximate surface area is 152 Å². The van der Waals surface area contributed by atoms with E-state index >= 15 is 0 Å². The van der Waals surface area contributed by atoms with Crippen molar-refractivity contribution in [1.29, 1.82) is 0 Å². The standard InChI is InChI=1S/C19H26INO2/c1-3-19-18-10-14(20)7-8-17(18)13(2)21(19)12-15(22)11-16-6-4-5-9-23-16/h7-8,10,15-16,22H,3-6,9,11-12H2,1-2H3. The zero-order valence-corrected chi connectivity index (χ0v) is 16.2. The second-order valence-corrected chi connectivity index (χ2v) is 7.81. The normalized spacial score (nSPS) is 20.1. The molecule has 0 amide bonds. The number of aryl methyl sites for hydroxylation is 2. The van der Waals surface area contributed by atoms with Crippen molar-refractivity contribution in [2.45, 2.75) is 64.7 Å². The predicted molar refractivity (Wildman–Crippen MR) is 103 cm³/mol. The lowest BCUT2D eigenvalue weighted by molar-refractivity contribution is -0.0180. The highest BCUT2D eigenvalue weighted by Gasteiger charge is 2.21. The fourth-order valence-electron chi connectivity index (χ4n) is 3.77. The Morgan fingerprint density at radius 1 is 1.35 bits per heavy atom. The third kappa shape index (κ3) is 3.74. The molecule has 3 rings (SSSR count). The zero-order valence-electron chi connectivity index (χ0n) is 14.0. The molecule has 2 unspecified atom stereocenters. The van der Waals surface area contributed by atoms with E-state index in [1.54, 1.807) is 0 Å². The molecule has 1 aromatic heterocycles. The van der Waals surface area contributed by atoms with Gasteiger partial charge in [0.15, 0.2) is 0 Å². The van der Waals surface area contributed by atoms with E-state index in [-0.39, 0.29) is 12.2 Å². The average molecular weight is 427 g/mol. The molecule has 1 saturated heterocycles. The first-order valence-corrected chi connectivity index (χ1v) is 9.75. The fourth-order valence-corrected chi connectivity index (χ4v) is 4.27. The van der Waals surface area contributed by atoms with Crippen molar-refractivity contribution in [1.82, 2.24) is 4.57 Å². The molecule has 2 aromatic rings. The Morgan fingerprint density at radius 2 is 2.17 bits per heavy atom. The number of rotatable bonds is 5. The Hall–Kier alpha value is -0.590. The Morgan fingerprint density at radius 3 is 2.87 bits per heavy atom. The summed E-state index contributed by atoms with van der Waals surface area (Å²) in [5.74, 6) is 0. The van der Waals surface area contributed by atoms with Crippen molar-refractivity contribution in [3.05, 3.63) is 33.2 Å². The molecule has 4 heteroatoms. The van der Waals surface area contributed by atoms with E-state index in [2.05, 4.69) is 59.2 Å². The number of hydrogen-bond donors (Lipinski definition) is 1. The minimum atomic E-state index is -0.344. The summed E-state index contributed by atoms with van der Waals surface area (Å²) in [6.45, 7) is 5.88. The third-order valence-electron chi connectivity index (χ3n) is 4.95. The summed E-state index contributed by atoms with van der Waals surface area (Å²) in [4.78, 5) is 0. The summed E-state index contributed by atoms with van der Waals surface area (Å²) in [6, 6.07) is 6.62. The maximum Gasteiger partial charge on any atom is 0.0743 e. The number of ether oxygens (including phenoxy) is 1. The minimum absolute atomic E-state index is 0.232. The van der Waals surface area contributed by atoms with Gasteiger partial charge in [0, 0.05) is 45.3 Å². The molecule has 126 valence electrons. The summed E-state index contributed by atoms with van der Waals surface area (Å²) < 4.78 is 9.35. The van der Waals surface area contributed by atoms with E-state index in [9.17, 15) is 5.11 Å². The summed E-state index contributed by atoms with van der Waals surface area (Å²) >= 11 is 2.37. The van der Waals surface area contributed by atoms with Gasteiger partial charge in [-0.2, -0.15) is 0 Å². The largest absolute Gasteiger partial charge is 0.391 e. The monoisotopic (exact) mass is 427 g/mol. The number of nitrogens with zero attached hydrogens (tertiary/aromatic N) is 1. The molecule has 2 atom stereocenters. The van der Waals surface area contributed by atoms with Crippen LogP contribution in [0, 0.1) is 10.5 Å². The van der Waals surface area contributed by atoms with E-state index in [0.29, 0.717) is 6.54 Å². The molecule has 0 radical (unpaired) electrons. The molecule has 0 saturated carbocycles. The number of benzene rings is 1. The van der Waals surface area contributed by atoms with Gasteiger partial charge in [0.1, 0.15) is 0 Å². The third-order valence-corrected chi connectivity index (χ3v) is 5.62. The quantitative estimate of drug-likeness (QED) is 0.717. The van der Waals surface area contributed by atoms with E-state index in [0.717, 1.165) is 32.3 Å². The maximum absolute atomic E-state index is 10.6. The first-order chi connectivity index (χ1) is 11.1. The first-order valence-electron chi connectivity index (χ1n) is 8.67. The van der Waals surface area contributed by atoms with Gasteiger partial charge in [0.2, 0.25) is 0 Å². The van der Waals surface area contributed by atoms with Crippen LogP contribution in [-0.4, -0.2) is 28.5 Å². The second-order valence-electron chi connectivity index (χ2n) is 6.56. The number of hydrogen-bond acceptors (Lipinski definition) is 2. The first kappa shape index (κ1) is 17.2. The van der Waals surface area contributed by atoms with E-state index in [4.69, 9.17) is 4.74 Å². The average Bonchev–Trinajstić information content (AvgIpc) is 2.79. The van der Waals surface area contributed by atoms with Crippen molar-refractivity contribution >= 4 is 33.4 Å². The molecule has 3 nitrogen and oxygen atoms in total. The van der Waals surface area contributed by atoms with Crippen LogP contribution in [0.4, 0.5) is 0 Å². The lowest BCUT2D eigenvalue weighted by Gasteiger charge is -2.25. The van der Waals surface area contributed by atoms with Crippen molar-refractivity contribution in [3.63, 3.8) is 0 Å². The van der Waals surface area contributed by atoms with Gasteiger partial charge in [-0.25, -0.2) is 0 Å². The summed E-state index contributed by atoms with van der Waals surface area (Å²) in [5, 5.41) is 13.2. The molecule has 2 heterocycles. The van der Waals surface area contributed by atoms with Crippen molar-refractivity contribution < 1.29 is 9.84 Å². The highest BCUT2D eigenvalue weighted by atomic mass is 127. The van der Waals surface area contributed by atoms with Gasteiger partial charge in [-0.15, -0.1) is 0 Å². The Bertz CT molecular complexity index is 674. The number of aliphatic hydroxyl groups is 1. The lowest BCUT2D eigenvalue weighted by Crippen LogP contribution is -2.28. The van der Waals surface area contributed by atoms with Crippen LogP contribution in [0.2, 0.25) is 0 Å². The Kier molecular flexibility index (Phi) is 5.65. The molecule has 1 aliphatic heterocycles. The predicted octanol–water partition coefficient (Wildman–Crippen LogP) is 4.44. The molecular weight excluding hydrogens is 401 g/mol. The van der Waals surface area contributed by atoms with Crippen molar-refractivity contribution in [2.24, 2.45) is 0 Å². The molecule has 1 fully saturated rings. The van der Waals surface area contributed by atoms with Gasteiger partial charge in [-0.1, -0.05) is 13.0 Å². The minimum Gasteiger partial charge on any atom is -0.391 e. The summed E-state index contributed by atoms with van der Waals surface area (Å²) in [5.41, 5.74) is 2.59. The van der Waals surface area contributed by atoms with Gasteiger partial charge in [-0.3, -0.25) is 0 Å². The highest BCUT2D eigenvalue weighted by molar-refractivity contribution is 14.1. The summed E-state index contributed by atoms with van der Waals surface area (Å²) in [7, 11) is 0. The van der Waals surface area contributed by atoms with Crippen LogP contribution in [0.3, 0.4) is 0 Å². The molecule has 1 aromatic carbocycles. The number of aromatic nitrogens is 1. The maximum atomic E-state index is 10.6. The van der Waals surface area contributed by atoms with Gasteiger partial charge < -0.3 is 14.4 Å². The number of halogens is 1. The lowest BCUT2D eigenvalue weighted by atomic mass is 10.0. The molecule has 23 heavy (non-hydrogen) atoms. The fraction of sp³-hybridized carbons (Fsp3) is 0.579. The van der Waals surface area contributed by atoms with Crippen LogP contribution in [-0.2, 0) is 17.7 Å². The Balaban J connectivity index is 1.82. The van der Waals surface area contributed by atoms with Gasteiger partial charge in [-0.05, 0) is 67.3 Å². The molecule has 0 aliphatic carbocycles. The molecule has 1 N–H and O–H groups in total. The molecule has 0 bridgehead atoms. The van der Waals surface area contributed by atoms with Crippen LogP contribution >= 0.6 is 22.6 Å². The van der Waals surface area contributed by atoms with E-state index in [1.165, 1.54) is 32.2 Å². The van der Waals surface area contributed by atoms with Gasteiger partial charge in [0.25, 0.3) is 0 Å². The topological polar surface area (TPSA) is 34.4 Å². The van der Waals surface area contributed by atoms with Gasteiger partial charge >= 0.3 is 0 Å². The van der Waals surface area contributed by atoms with Gasteiger partial charge in [0.05, 0.1) is 12.2 Å². The van der Waals surface area contributed by atoms with E-state index in [1.807, 2.05) is 0 Å². The van der Waals surface area contributed by atoms with Crippen molar-refractivity contribution in [3.8, 4) is 0 Å². The van der Waals surface area contributed by atoms with Crippen LogP contribution in [0.1, 0.15) is 44.0 Å².